The van der Waals surface area contributed by atoms with Gasteiger partial charge < -0.3 is 5.11 Å². The smallest absolute Gasteiger partial charge is 0 e. The van der Waals surface area contributed by atoms with Crippen molar-refractivity contribution in [2.75, 3.05) is 0 Å². The molecule has 1 N–H and O–H groups in total. The third kappa shape index (κ3) is 8.48. The Morgan fingerprint density at radius 3 is 2.05 bits per heavy atom. The molecule has 0 spiro atoms. The molecule has 7 heteroatoms. The molecule has 0 aliphatic rings. The Morgan fingerprint density at radius 2 is 1.43 bits per heavy atom. The predicted molar refractivity (Wildman–Crippen MR) is 244 cm³/mol. The van der Waals surface area contributed by atoms with Crippen LogP contribution >= 0.6 is 0 Å². The first kappa shape index (κ1) is 45.0. The number of aliphatic hydroxyl groups is 1. The zero-order valence-corrected chi connectivity index (χ0v) is 40.9. The van der Waals surface area contributed by atoms with E-state index in [0.717, 1.165) is 81.2 Å². The number of aromatic nitrogens is 2. The van der Waals surface area contributed by atoms with Gasteiger partial charge in [-0.05, 0) is 31.2 Å². The Hall–Kier alpha value is -4.10. The SMILES string of the molecule is CCC(C)(CC)C(=O)/C=C(\O)C(C)(CC)CC.Cc1nc(-c2[c-]ccc3c2oc2cc(-c4ccccc4)ccc23)c2ccc3cc(C)[c]([Ge]([CH3])([CH3])[CH3])c(C)c3c2n1.[Ir]. The monoisotopic (exact) mass is 1010 g/mol. The van der Waals surface area contributed by atoms with Crippen LogP contribution in [0.2, 0.25) is 17.3 Å². The fourth-order valence-electron chi connectivity index (χ4n) is 8.32. The summed E-state index contributed by atoms with van der Waals surface area (Å²) in [6.45, 7) is 18.6. The van der Waals surface area contributed by atoms with E-state index in [1.807, 2.05) is 60.6 Å². The first-order valence-electron chi connectivity index (χ1n) is 20.6. The molecule has 2 aromatic heterocycles. The standard InChI is InChI=1S/C36H31GeN2O.C15H28O2.Ir/c1-21-19-26-16-18-29-34(38-23(3)39-35(29)32(26)22(2)33(21)37(4,5)6)30-14-10-13-28-27-17-15-25(20-31(27)40-36(28)30)24-11-8-7-9-12-24;1-7-14(5,8-2)12(16)11-13(17)15(6,9-3)10-4;/h7-13,15-20H,1-6H3;11,16H,7-10H2,1-6H3;/q-1;;/b;12-11-;. The molecule has 2 heterocycles. The summed E-state index contributed by atoms with van der Waals surface area (Å²) in [6, 6.07) is 31.2. The van der Waals surface area contributed by atoms with Gasteiger partial charge in [-0.15, -0.1) is 0 Å². The number of aliphatic hydroxyl groups excluding tert-OH is 1. The summed E-state index contributed by atoms with van der Waals surface area (Å²) >= 11 is -2.13. The molecular formula is C51H59GeIrN2O3-. The zero-order valence-electron chi connectivity index (χ0n) is 36.4. The van der Waals surface area contributed by atoms with Crippen molar-refractivity contribution in [3.8, 4) is 22.4 Å². The molecule has 0 aliphatic heterocycles. The van der Waals surface area contributed by atoms with E-state index in [1.165, 1.54) is 33.5 Å². The van der Waals surface area contributed by atoms with Crippen LogP contribution < -0.4 is 4.40 Å². The Balaban J connectivity index is 0.000000304. The number of hydrogen-bond donors (Lipinski definition) is 1. The van der Waals surface area contributed by atoms with Gasteiger partial charge >= 0.3 is 202 Å². The molecule has 0 fully saturated rings. The van der Waals surface area contributed by atoms with E-state index in [2.05, 4.69) is 104 Å². The molecule has 7 aromatic rings. The number of rotatable bonds is 10. The number of carbonyl (C=O) groups excluding carboxylic acids is 1. The first-order valence-corrected chi connectivity index (χ1v) is 27.9. The topological polar surface area (TPSA) is 76.2 Å². The summed E-state index contributed by atoms with van der Waals surface area (Å²) in [6.07, 6.45) is 4.75. The average Bonchev–Trinajstić information content (AvgIpc) is 3.57. The van der Waals surface area contributed by atoms with Gasteiger partial charge in [0.1, 0.15) is 5.76 Å². The van der Waals surface area contributed by atoms with Crippen LogP contribution in [0.15, 0.2) is 95.1 Å². The van der Waals surface area contributed by atoms with Crippen LogP contribution in [-0.2, 0) is 24.9 Å². The molecule has 0 bridgehead atoms. The third-order valence-electron chi connectivity index (χ3n) is 12.7. The van der Waals surface area contributed by atoms with Gasteiger partial charge in [0.2, 0.25) is 0 Å². The van der Waals surface area contributed by atoms with Crippen molar-refractivity contribution < 1.29 is 34.4 Å². The van der Waals surface area contributed by atoms with E-state index < -0.39 is 13.3 Å². The number of ketones is 1. The molecule has 1 radical (unpaired) electrons. The minimum atomic E-state index is -2.13. The maximum absolute atomic E-state index is 12.2. The summed E-state index contributed by atoms with van der Waals surface area (Å²) < 4.78 is 8.16. The van der Waals surface area contributed by atoms with Crippen molar-refractivity contribution in [1.82, 2.24) is 9.97 Å². The van der Waals surface area contributed by atoms with Crippen molar-refractivity contribution in [3.63, 3.8) is 0 Å². The normalized spacial score (nSPS) is 12.5. The molecule has 0 unspecified atom stereocenters. The second kappa shape index (κ2) is 17.6. The van der Waals surface area contributed by atoms with E-state index in [4.69, 9.17) is 14.4 Å². The molecule has 305 valence electrons. The van der Waals surface area contributed by atoms with Gasteiger partial charge in [-0.3, -0.25) is 4.79 Å². The number of hydrogen-bond acceptors (Lipinski definition) is 5. The average molecular weight is 1010 g/mol. The van der Waals surface area contributed by atoms with Gasteiger partial charge in [0.15, 0.2) is 5.78 Å². The molecule has 0 saturated heterocycles. The summed E-state index contributed by atoms with van der Waals surface area (Å²) in [4.78, 5) is 22.2. The maximum Gasteiger partial charge on any atom is 0 e. The quantitative estimate of drug-likeness (QED) is 0.0486. The zero-order chi connectivity index (χ0) is 41.4. The van der Waals surface area contributed by atoms with Crippen LogP contribution in [0.3, 0.4) is 0 Å². The molecule has 0 aliphatic carbocycles. The molecule has 5 nitrogen and oxygen atoms in total. The largest absolute Gasteiger partial charge is 0 e. The minimum Gasteiger partial charge on any atom is 0 e. The second-order valence-electron chi connectivity index (χ2n) is 17.3. The Kier molecular flexibility index (Phi) is 13.7. The molecule has 58 heavy (non-hydrogen) atoms. The van der Waals surface area contributed by atoms with Crippen LogP contribution in [0.4, 0.5) is 0 Å². The number of nitrogens with zero attached hydrogens (tertiary/aromatic N) is 2. The number of furan rings is 1. The second-order valence-corrected chi connectivity index (χ2v) is 27.8. The van der Waals surface area contributed by atoms with Crippen molar-refractivity contribution in [1.29, 1.82) is 0 Å². The van der Waals surface area contributed by atoms with Crippen molar-refractivity contribution in [3.05, 3.63) is 114 Å². The summed E-state index contributed by atoms with van der Waals surface area (Å²) in [5.74, 6) is 8.45. The summed E-state index contributed by atoms with van der Waals surface area (Å²) in [5.41, 5.74) is 8.92. The van der Waals surface area contributed by atoms with Crippen LogP contribution in [0, 0.1) is 37.7 Å². The van der Waals surface area contributed by atoms with Crippen LogP contribution in [-0.4, -0.2) is 34.1 Å². The van der Waals surface area contributed by atoms with E-state index in [9.17, 15) is 9.90 Å². The number of aryl methyl sites for hydroxylation is 3. The summed E-state index contributed by atoms with van der Waals surface area (Å²) in [7, 11) is 0. The number of fused-ring (bicyclic) bond motifs is 6. The fraction of sp³-hybridized carbons (Fsp3) is 0.353. The molecule has 0 atom stereocenters. The van der Waals surface area contributed by atoms with Crippen LogP contribution in [0.1, 0.15) is 84.2 Å². The van der Waals surface area contributed by atoms with Gasteiger partial charge in [0, 0.05) is 37.0 Å². The predicted octanol–water partition coefficient (Wildman–Crippen LogP) is 13.9. The van der Waals surface area contributed by atoms with Gasteiger partial charge in [-0.1, -0.05) is 71.9 Å². The molecule has 0 saturated carbocycles. The summed E-state index contributed by atoms with van der Waals surface area (Å²) in [5, 5.41) is 15.8. The van der Waals surface area contributed by atoms with Gasteiger partial charge in [0.25, 0.3) is 0 Å². The van der Waals surface area contributed by atoms with Gasteiger partial charge in [-0.25, -0.2) is 0 Å². The number of carbonyl (C=O) groups is 1. The van der Waals surface area contributed by atoms with E-state index in [-0.39, 0.29) is 42.5 Å². The fourth-order valence-corrected chi connectivity index (χ4v) is 13.6. The van der Waals surface area contributed by atoms with Crippen molar-refractivity contribution in [2.45, 2.75) is 105 Å². The van der Waals surface area contributed by atoms with Crippen molar-refractivity contribution >= 4 is 67.1 Å². The molecule has 7 rings (SSSR count). The third-order valence-corrected chi connectivity index (χ3v) is 17.4. The molecule has 5 aromatic carbocycles. The Bertz CT molecular complexity index is 2650. The van der Waals surface area contributed by atoms with E-state index in [0.29, 0.717) is 0 Å². The minimum absolute atomic E-state index is 0. The van der Waals surface area contributed by atoms with E-state index in [1.54, 1.807) is 4.40 Å². The number of benzene rings is 5. The Labute approximate surface area is 361 Å². The van der Waals surface area contributed by atoms with Gasteiger partial charge in [-0.2, -0.15) is 0 Å². The maximum atomic E-state index is 12.2. The van der Waals surface area contributed by atoms with Crippen LogP contribution in [0.25, 0.3) is 66.0 Å². The van der Waals surface area contributed by atoms with Crippen LogP contribution in [0.5, 0.6) is 0 Å². The van der Waals surface area contributed by atoms with Crippen molar-refractivity contribution in [2.24, 2.45) is 10.8 Å². The molecular weight excluding hydrogens is 953 g/mol. The molecule has 0 amide bonds. The Morgan fingerprint density at radius 1 is 0.793 bits per heavy atom. The van der Waals surface area contributed by atoms with E-state index >= 15 is 0 Å². The number of allylic oxidation sites excluding steroid dienone is 2. The first-order chi connectivity index (χ1) is 27.0. The van der Waals surface area contributed by atoms with Gasteiger partial charge in [0.05, 0.1) is 0 Å².